The Bertz CT molecular complexity index is 1280. The van der Waals surface area contributed by atoms with Crippen molar-refractivity contribution in [1.82, 2.24) is 25.1 Å². The average Bonchev–Trinajstić information content (AvgIpc) is 3.29. The lowest BCUT2D eigenvalue weighted by Gasteiger charge is -2.14. The molecule has 176 valence electrons. The Kier molecular flexibility index (Phi) is 6.72. The summed E-state index contributed by atoms with van der Waals surface area (Å²) in [7, 11) is 4.45. The van der Waals surface area contributed by atoms with Crippen LogP contribution in [-0.2, 0) is 0 Å². The maximum Gasteiger partial charge on any atom is 0.251 e. The van der Waals surface area contributed by atoms with Gasteiger partial charge < -0.3 is 24.3 Å². The van der Waals surface area contributed by atoms with Crippen LogP contribution < -0.4 is 24.3 Å². The Morgan fingerprint density at radius 3 is 2.32 bits per heavy atom. The van der Waals surface area contributed by atoms with Crippen molar-refractivity contribution >= 4 is 11.6 Å². The SMILES string of the molecule is COc1cc(C(=O)NCCOc2ccc3nnc(-c4ccc(F)cc4)n3n2)cc(OC)c1OC. The molecule has 0 atom stereocenters. The number of hydrogen-bond acceptors (Lipinski definition) is 8. The fourth-order valence-electron chi connectivity index (χ4n) is 3.26. The fourth-order valence-corrected chi connectivity index (χ4v) is 3.26. The Hall–Kier alpha value is -4.41. The second-order valence-corrected chi connectivity index (χ2v) is 6.99. The summed E-state index contributed by atoms with van der Waals surface area (Å²) in [6, 6.07) is 12.4. The number of amides is 1. The van der Waals surface area contributed by atoms with Crippen molar-refractivity contribution in [1.29, 1.82) is 0 Å². The van der Waals surface area contributed by atoms with Crippen LogP contribution in [0.25, 0.3) is 17.0 Å². The lowest BCUT2D eigenvalue weighted by Crippen LogP contribution is -2.28. The van der Waals surface area contributed by atoms with Crippen LogP contribution in [-0.4, -0.2) is 60.2 Å². The third kappa shape index (κ3) is 4.68. The first-order chi connectivity index (χ1) is 16.5. The number of aromatic nitrogens is 4. The molecule has 2 aromatic heterocycles. The molecule has 0 saturated heterocycles. The van der Waals surface area contributed by atoms with E-state index < -0.39 is 0 Å². The third-order valence-corrected chi connectivity index (χ3v) is 4.91. The van der Waals surface area contributed by atoms with Gasteiger partial charge in [0.2, 0.25) is 11.6 Å². The van der Waals surface area contributed by atoms with E-state index in [4.69, 9.17) is 18.9 Å². The number of hydrogen-bond donors (Lipinski definition) is 1. The van der Waals surface area contributed by atoms with Gasteiger partial charge in [0, 0.05) is 17.2 Å². The van der Waals surface area contributed by atoms with E-state index in [-0.39, 0.29) is 24.9 Å². The fraction of sp³-hybridized carbons (Fsp3) is 0.217. The first kappa shape index (κ1) is 22.8. The lowest BCUT2D eigenvalue weighted by atomic mass is 10.1. The van der Waals surface area contributed by atoms with E-state index in [2.05, 4.69) is 20.6 Å². The molecule has 2 aromatic carbocycles. The Balaban J connectivity index is 1.40. The van der Waals surface area contributed by atoms with Crippen molar-refractivity contribution in [2.45, 2.75) is 0 Å². The van der Waals surface area contributed by atoms with Crippen molar-refractivity contribution in [3.05, 3.63) is 59.9 Å². The average molecular weight is 467 g/mol. The van der Waals surface area contributed by atoms with Crippen molar-refractivity contribution in [3.8, 4) is 34.5 Å². The van der Waals surface area contributed by atoms with Gasteiger partial charge in [-0.3, -0.25) is 4.79 Å². The van der Waals surface area contributed by atoms with E-state index in [0.717, 1.165) is 0 Å². The number of nitrogens with zero attached hydrogens (tertiary/aromatic N) is 4. The van der Waals surface area contributed by atoms with Gasteiger partial charge in [-0.1, -0.05) is 0 Å². The molecule has 4 rings (SSSR count). The molecule has 1 N–H and O–H groups in total. The van der Waals surface area contributed by atoms with E-state index >= 15 is 0 Å². The first-order valence-corrected chi connectivity index (χ1v) is 10.2. The summed E-state index contributed by atoms with van der Waals surface area (Å²) in [4.78, 5) is 12.6. The number of methoxy groups -OCH3 is 3. The largest absolute Gasteiger partial charge is 0.493 e. The lowest BCUT2D eigenvalue weighted by molar-refractivity contribution is 0.0945. The second kappa shape index (κ2) is 10.0. The van der Waals surface area contributed by atoms with E-state index in [9.17, 15) is 9.18 Å². The van der Waals surface area contributed by atoms with Crippen molar-refractivity contribution in [3.63, 3.8) is 0 Å². The normalized spacial score (nSPS) is 10.7. The van der Waals surface area contributed by atoms with Crippen molar-refractivity contribution < 1.29 is 28.1 Å². The van der Waals surface area contributed by atoms with Crippen molar-refractivity contribution in [2.75, 3.05) is 34.5 Å². The summed E-state index contributed by atoms with van der Waals surface area (Å²) >= 11 is 0. The number of benzene rings is 2. The summed E-state index contributed by atoms with van der Waals surface area (Å²) in [5.74, 6) is 1.26. The Morgan fingerprint density at radius 2 is 1.68 bits per heavy atom. The predicted octanol–water partition coefficient (Wildman–Crippen LogP) is 2.77. The molecule has 11 heteroatoms. The molecule has 34 heavy (non-hydrogen) atoms. The van der Waals surface area contributed by atoms with Gasteiger partial charge in [-0.25, -0.2) is 4.39 Å². The summed E-state index contributed by atoms with van der Waals surface area (Å²) in [5.41, 5.74) is 1.53. The zero-order valence-electron chi connectivity index (χ0n) is 18.7. The number of halogens is 1. The highest BCUT2D eigenvalue weighted by Gasteiger charge is 2.17. The number of rotatable bonds is 9. The van der Waals surface area contributed by atoms with Crippen LogP contribution >= 0.6 is 0 Å². The van der Waals surface area contributed by atoms with E-state index in [1.54, 1.807) is 36.4 Å². The number of nitrogens with one attached hydrogen (secondary N) is 1. The first-order valence-electron chi connectivity index (χ1n) is 10.2. The molecule has 0 fully saturated rings. The Morgan fingerprint density at radius 1 is 0.971 bits per heavy atom. The van der Waals surface area contributed by atoms with Gasteiger partial charge >= 0.3 is 0 Å². The molecule has 0 saturated carbocycles. The molecule has 0 unspecified atom stereocenters. The molecule has 0 aliphatic carbocycles. The molecule has 0 aliphatic rings. The van der Waals surface area contributed by atoms with E-state index in [1.165, 1.54) is 38.0 Å². The second-order valence-electron chi connectivity index (χ2n) is 6.99. The maximum absolute atomic E-state index is 13.2. The zero-order chi connectivity index (χ0) is 24.1. The minimum atomic E-state index is -0.344. The van der Waals surface area contributed by atoms with Gasteiger partial charge in [-0.2, -0.15) is 4.52 Å². The van der Waals surface area contributed by atoms with Crippen LogP contribution in [0.5, 0.6) is 23.1 Å². The molecular formula is C23H22FN5O5. The highest BCUT2D eigenvalue weighted by atomic mass is 19.1. The standard InChI is InChI=1S/C23H22FN5O5/c1-31-17-12-15(13-18(32-2)21(17)33-3)23(30)25-10-11-34-20-9-8-19-26-27-22(29(19)28-20)14-4-6-16(24)7-5-14/h4-9,12-13H,10-11H2,1-3H3,(H,25,30). The third-order valence-electron chi connectivity index (χ3n) is 4.91. The van der Waals surface area contributed by atoms with Gasteiger partial charge in [0.1, 0.15) is 12.4 Å². The summed E-state index contributed by atoms with van der Waals surface area (Å²) in [6.45, 7) is 0.394. The van der Waals surface area contributed by atoms with Crippen LogP contribution in [0.3, 0.4) is 0 Å². The molecule has 10 nitrogen and oxygen atoms in total. The maximum atomic E-state index is 13.2. The van der Waals surface area contributed by atoms with Crippen LogP contribution in [0, 0.1) is 5.82 Å². The van der Waals surface area contributed by atoms with Gasteiger partial charge in [-0.05, 0) is 42.5 Å². The molecule has 0 radical (unpaired) electrons. The molecule has 0 bridgehead atoms. The molecule has 2 heterocycles. The molecular weight excluding hydrogens is 445 g/mol. The molecule has 1 amide bonds. The van der Waals surface area contributed by atoms with Gasteiger partial charge in [0.05, 0.1) is 27.9 Å². The molecule has 0 aliphatic heterocycles. The van der Waals surface area contributed by atoms with Crippen molar-refractivity contribution in [2.24, 2.45) is 0 Å². The number of carbonyl (C=O) groups excluding carboxylic acids is 1. The van der Waals surface area contributed by atoms with Gasteiger partial charge in [-0.15, -0.1) is 15.3 Å². The van der Waals surface area contributed by atoms with Crippen LogP contribution in [0.15, 0.2) is 48.5 Å². The van der Waals surface area contributed by atoms with E-state index in [1.807, 2.05) is 0 Å². The smallest absolute Gasteiger partial charge is 0.251 e. The van der Waals surface area contributed by atoms with Crippen LogP contribution in [0.1, 0.15) is 10.4 Å². The number of carbonyl (C=O) groups is 1. The van der Waals surface area contributed by atoms with Gasteiger partial charge in [0.25, 0.3) is 5.91 Å². The Labute approximate surface area is 194 Å². The zero-order valence-corrected chi connectivity index (χ0v) is 18.7. The van der Waals surface area contributed by atoms with Crippen LogP contribution in [0.4, 0.5) is 4.39 Å². The van der Waals surface area contributed by atoms with E-state index in [0.29, 0.717) is 45.7 Å². The monoisotopic (exact) mass is 467 g/mol. The minimum Gasteiger partial charge on any atom is -0.493 e. The topological polar surface area (TPSA) is 109 Å². The molecule has 4 aromatic rings. The number of fused-ring (bicyclic) bond motifs is 1. The predicted molar refractivity (Wildman–Crippen MR) is 120 cm³/mol. The quantitative estimate of drug-likeness (QED) is 0.374. The minimum absolute atomic E-state index is 0.169. The number of ether oxygens (including phenoxy) is 4. The highest BCUT2D eigenvalue weighted by molar-refractivity contribution is 5.95. The van der Waals surface area contributed by atoms with Crippen LogP contribution in [0.2, 0.25) is 0 Å². The summed E-state index contributed by atoms with van der Waals surface area (Å²) < 4.78 is 36.2. The highest BCUT2D eigenvalue weighted by Crippen LogP contribution is 2.38. The summed E-state index contributed by atoms with van der Waals surface area (Å²) in [5, 5.41) is 15.3. The molecule has 0 spiro atoms. The van der Waals surface area contributed by atoms with Gasteiger partial charge in [0.15, 0.2) is 23.0 Å². The summed E-state index contributed by atoms with van der Waals surface area (Å²) in [6.07, 6.45) is 0.